The normalized spacial score (nSPS) is 11.6. The van der Waals surface area contributed by atoms with Crippen LogP contribution in [0.4, 0.5) is 0 Å². The number of rotatable bonds is 7. The van der Waals surface area contributed by atoms with Gasteiger partial charge in [0.05, 0.1) is 14.2 Å². The van der Waals surface area contributed by atoms with E-state index in [9.17, 15) is 4.79 Å². The summed E-state index contributed by atoms with van der Waals surface area (Å²) >= 11 is 0. The van der Waals surface area contributed by atoms with Gasteiger partial charge in [0.1, 0.15) is 6.04 Å². The maximum Gasteiger partial charge on any atom is 0.241 e. The molecule has 0 heterocycles. The van der Waals surface area contributed by atoms with Crippen LogP contribution in [0.1, 0.15) is 17.2 Å². The SMILES string of the molecule is CNC(=O)[C@@H](NCc1ccc(OC)c(OC)c1)c1ccccc1. The molecule has 1 atom stereocenters. The second-order valence-electron chi connectivity index (χ2n) is 5.03. The summed E-state index contributed by atoms with van der Waals surface area (Å²) in [6.45, 7) is 0.535. The lowest BCUT2D eigenvalue weighted by molar-refractivity contribution is -0.122. The minimum atomic E-state index is -0.408. The first-order chi connectivity index (χ1) is 11.2. The standard InChI is InChI=1S/C18H22N2O3/c1-19-18(21)17(14-7-5-4-6-8-14)20-12-13-9-10-15(22-2)16(11-13)23-3/h4-11,17,20H,12H2,1-3H3,(H,19,21)/t17-/m0/s1. The average Bonchev–Trinajstić information content (AvgIpc) is 2.62. The fourth-order valence-electron chi connectivity index (χ4n) is 2.36. The number of carbonyl (C=O) groups excluding carboxylic acids is 1. The summed E-state index contributed by atoms with van der Waals surface area (Å²) < 4.78 is 10.5. The molecule has 0 aliphatic rings. The number of likely N-dealkylation sites (N-methyl/N-ethyl adjacent to an activating group) is 1. The van der Waals surface area contributed by atoms with Crippen molar-refractivity contribution in [2.24, 2.45) is 0 Å². The van der Waals surface area contributed by atoms with E-state index in [0.717, 1.165) is 11.1 Å². The molecule has 0 aliphatic carbocycles. The number of amides is 1. The summed E-state index contributed by atoms with van der Waals surface area (Å²) in [5.74, 6) is 1.28. The van der Waals surface area contributed by atoms with Crippen LogP contribution in [0.2, 0.25) is 0 Å². The van der Waals surface area contributed by atoms with Gasteiger partial charge in [0.25, 0.3) is 0 Å². The summed E-state index contributed by atoms with van der Waals surface area (Å²) in [7, 11) is 4.84. The summed E-state index contributed by atoms with van der Waals surface area (Å²) in [6, 6.07) is 14.9. The summed E-state index contributed by atoms with van der Waals surface area (Å²) in [6.07, 6.45) is 0. The van der Waals surface area contributed by atoms with Crippen LogP contribution in [0.3, 0.4) is 0 Å². The molecule has 2 aromatic rings. The van der Waals surface area contributed by atoms with Gasteiger partial charge in [-0.3, -0.25) is 10.1 Å². The molecule has 1 amide bonds. The minimum Gasteiger partial charge on any atom is -0.493 e. The summed E-state index contributed by atoms with van der Waals surface area (Å²) in [4.78, 5) is 12.1. The molecule has 122 valence electrons. The Balaban J connectivity index is 2.14. The number of nitrogens with one attached hydrogen (secondary N) is 2. The molecule has 0 spiro atoms. The van der Waals surface area contributed by atoms with Crippen molar-refractivity contribution >= 4 is 5.91 Å². The van der Waals surface area contributed by atoms with Crippen molar-refractivity contribution in [3.05, 3.63) is 59.7 Å². The molecule has 2 aromatic carbocycles. The molecule has 0 saturated carbocycles. The lowest BCUT2D eigenvalue weighted by atomic mass is 10.1. The van der Waals surface area contributed by atoms with Crippen molar-refractivity contribution in [2.75, 3.05) is 21.3 Å². The van der Waals surface area contributed by atoms with Crippen molar-refractivity contribution < 1.29 is 14.3 Å². The van der Waals surface area contributed by atoms with Gasteiger partial charge in [0.15, 0.2) is 11.5 Å². The highest BCUT2D eigenvalue weighted by Gasteiger charge is 2.18. The summed E-state index contributed by atoms with van der Waals surface area (Å²) in [5, 5.41) is 5.98. The fourth-order valence-corrected chi connectivity index (χ4v) is 2.36. The Labute approximate surface area is 136 Å². The highest BCUT2D eigenvalue weighted by atomic mass is 16.5. The average molecular weight is 314 g/mol. The molecular weight excluding hydrogens is 292 g/mol. The van der Waals surface area contributed by atoms with Crippen molar-refractivity contribution in [3.63, 3.8) is 0 Å². The highest BCUT2D eigenvalue weighted by molar-refractivity contribution is 5.82. The lowest BCUT2D eigenvalue weighted by Crippen LogP contribution is -2.35. The molecule has 0 aliphatic heterocycles. The summed E-state index contributed by atoms with van der Waals surface area (Å²) in [5.41, 5.74) is 1.93. The molecule has 0 radical (unpaired) electrons. The molecule has 0 bridgehead atoms. The Morgan fingerprint density at radius 2 is 1.74 bits per heavy atom. The van der Waals surface area contributed by atoms with Crippen LogP contribution in [-0.2, 0) is 11.3 Å². The van der Waals surface area contributed by atoms with Gasteiger partial charge in [0.2, 0.25) is 5.91 Å². The molecule has 0 unspecified atom stereocenters. The zero-order valence-electron chi connectivity index (χ0n) is 13.6. The monoisotopic (exact) mass is 314 g/mol. The van der Waals surface area contributed by atoms with E-state index < -0.39 is 6.04 Å². The smallest absolute Gasteiger partial charge is 0.241 e. The van der Waals surface area contributed by atoms with E-state index in [1.54, 1.807) is 21.3 Å². The number of methoxy groups -OCH3 is 2. The van der Waals surface area contributed by atoms with Crippen LogP contribution in [-0.4, -0.2) is 27.2 Å². The van der Waals surface area contributed by atoms with Crippen molar-refractivity contribution in [1.29, 1.82) is 0 Å². The van der Waals surface area contributed by atoms with Crippen molar-refractivity contribution in [3.8, 4) is 11.5 Å². The van der Waals surface area contributed by atoms with Crippen molar-refractivity contribution in [2.45, 2.75) is 12.6 Å². The Kier molecular flexibility index (Phi) is 6.00. The third-order valence-corrected chi connectivity index (χ3v) is 3.60. The van der Waals surface area contributed by atoms with Gasteiger partial charge in [0, 0.05) is 13.6 Å². The molecule has 5 heteroatoms. The first-order valence-electron chi connectivity index (χ1n) is 7.40. The van der Waals surface area contributed by atoms with Gasteiger partial charge in [-0.1, -0.05) is 36.4 Å². The molecule has 2 rings (SSSR count). The van der Waals surface area contributed by atoms with E-state index in [1.165, 1.54) is 0 Å². The van der Waals surface area contributed by atoms with Gasteiger partial charge in [-0.15, -0.1) is 0 Å². The van der Waals surface area contributed by atoms with Crippen LogP contribution < -0.4 is 20.1 Å². The second-order valence-corrected chi connectivity index (χ2v) is 5.03. The maximum absolute atomic E-state index is 12.1. The zero-order valence-corrected chi connectivity index (χ0v) is 13.6. The third-order valence-electron chi connectivity index (χ3n) is 3.60. The van der Waals surface area contributed by atoms with Gasteiger partial charge >= 0.3 is 0 Å². The number of hydrogen-bond donors (Lipinski definition) is 2. The van der Waals surface area contributed by atoms with E-state index in [-0.39, 0.29) is 5.91 Å². The predicted molar refractivity (Wildman–Crippen MR) is 89.6 cm³/mol. The number of benzene rings is 2. The molecule has 23 heavy (non-hydrogen) atoms. The van der Waals surface area contributed by atoms with Crippen LogP contribution in [0.25, 0.3) is 0 Å². The zero-order chi connectivity index (χ0) is 16.7. The Hall–Kier alpha value is -2.53. The molecule has 0 saturated heterocycles. The Morgan fingerprint density at radius 1 is 1.04 bits per heavy atom. The largest absolute Gasteiger partial charge is 0.493 e. The van der Waals surface area contributed by atoms with E-state index in [4.69, 9.17) is 9.47 Å². The van der Waals surface area contributed by atoms with Crippen LogP contribution >= 0.6 is 0 Å². The second kappa shape index (κ2) is 8.19. The molecule has 0 fully saturated rings. The van der Waals surface area contributed by atoms with E-state index in [0.29, 0.717) is 18.0 Å². The quantitative estimate of drug-likeness (QED) is 0.823. The first kappa shape index (κ1) is 16.8. The van der Waals surface area contributed by atoms with Gasteiger partial charge in [-0.05, 0) is 23.3 Å². The predicted octanol–water partition coefficient (Wildman–Crippen LogP) is 2.28. The Bertz CT molecular complexity index is 644. The fraction of sp³-hybridized carbons (Fsp3) is 0.278. The van der Waals surface area contributed by atoms with Gasteiger partial charge in [-0.2, -0.15) is 0 Å². The molecular formula is C18H22N2O3. The van der Waals surface area contributed by atoms with Gasteiger partial charge < -0.3 is 14.8 Å². The molecule has 2 N–H and O–H groups in total. The van der Waals surface area contributed by atoms with Crippen LogP contribution in [0.15, 0.2) is 48.5 Å². The van der Waals surface area contributed by atoms with Crippen LogP contribution in [0.5, 0.6) is 11.5 Å². The Morgan fingerprint density at radius 3 is 2.35 bits per heavy atom. The highest BCUT2D eigenvalue weighted by Crippen LogP contribution is 2.27. The number of ether oxygens (including phenoxy) is 2. The van der Waals surface area contributed by atoms with Crippen molar-refractivity contribution in [1.82, 2.24) is 10.6 Å². The lowest BCUT2D eigenvalue weighted by Gasteiger charge is -2.18. The molecule has 0 aromatic heterocycles. The van der Waals surface area contributed by atoms with E-state index in [2.05, 4.69) is 10.6 Å². The minimum absolute atomic E-state index is 0.0725. The van der Waals surface area contributed by atoms with Gasteiger partial charge in [-0.25, -0.2) is 0 Å². The third kappa shape index (κ3) is 4.23. The molecule has 5 nitrogen and oxygen atoms in total. The number of hydrogen-bond acceptors (Lipinski definition) is 4. The first-order valence-corrected chi connectivity index (χ1v) is 7.40. The van der Waals surface area contributed by atoms with E-state index >= 15 is 0 Å². The topological polar surface area (TPSA) is 59.6 Å². The van der Waals surface area contributed by atoms with Crippen LogP contribution in [0, 0.1) is 0 Å². The number of carbonyl (C=O) groups is 1. The van der Waals surface area contributed by atoms with E-state index in [1.807, 2.05) is 48.5 Å². The maximum atomic E-state index is 12.1.